The zero-order chi connectivity index (χ0) is 11.7. The van der Waals surface area contributed by atoms with Gasteiger partial charge in [0.05, 0.1) is 5.84 Å². The van der Waals surface area contributed by atoms with E-state index in [-0.39, 0.29) is 17.3 Å². The van der Waals surface area contributed by atoms with Gasteiger partial charge in [-0.15, -0.1) is 0 Å². The fourth-order valence-electron chi connectivity index (χ4n) is 1.12. The molecule has 0 spiro atoms. The van der Waals surface area contributed by atoms with Crippen molar-refractivity contribution in [1.29, 1.82) is 0 Å². The van der Waals surface area contributed by atoms with Gasteiger partial charge in [-0.3, -0.25) is 13.9 Å². The summed E-state index contributed by atoms with van der Waals surface area (Å²) >= 11 is 0. The molecule has 1 aromatic heterocycles. The van der Waals surface area contributed by atoms with Crippen molar-refractivity contribution in [2.75, 3.05) is 5.73 Å². The third-order valence-corrected chi connectivity index (χ3v) is 1.97. The van der Waals surface area contributed by atoms with E-state index in [9.17, 15) is 9.59 Å². The maximum atomic E-state index is 11.6. The summed E-state index contributed by atoms with van der Waals surface area (Å²) in [5.74, 6) is 0.213. The van der Waals surface area contributed by atoms with Crippen LogP contribution in [0.5, 0.6) is 0 Å². The molecule has 0 radical (unpaired) electrons. The molecule has 82 valence electrons. The maximum Gasteiger partial charge on any atom is 0.332 e. The van der Waals surface area contributed by atoms with Crippen LogP contribution in [0.1, 0.15) is 6.92 Å². The summed E-state index contributed by atoms with van der Waals surface area (Å²) < 4.78 is 2.07. The van der Waals surface area contributed by atoms with Gasteiger partial charge in [0.15, 0.2) is 5.69 Å². The molecule has 0 fully saturated rings. The Labute approximate surface area is 85.6 Å². The van der Waals surface area contributed by atoms with Crippen LogP contribution in [-0.4, -0.2) is 15.0 Å². The Balaban J connectivity index is 3.76. The van der Waals surface area contributed by atoms with Crippen LogP contribution < -0.4 is 22.7 Å². The lowest BCUT2D eigenvalue weighted by Crippen LogP contribution is -2.38. The minimum Gasteiger partial charge on any atom is -0.387 e. The third-order valence-electron chi connectivity index (χ3n) is 1.97. The average Bonchev–Trinajstić information content (AvgIpc) is 2.18. The van der Waals surface area contributed by atoms with Gasteiger partial charge < -0.3 is 11.5 Å². The maximum absolute atomic E-state index is 11.6. The largest absolute Gasteiger partial charge is 0.387 e. The van der Waals surface area contributed by atoms with E-state index in [0.29, 0.717) is 0 Å². The van der Waals surface area contributed by atoms with Gasteiger partial charge in [-0.25, -0.2) is 9.79 Å². The molecule has 1 aromatic rings. The number of hydrogen-bond acceptors (Lipinski definition) is 4. The Morgan fingerprint density at radius 3 is 2.27 bits per heavy atom. The number of hydrogen-bond donors (Lipinski definition) is 2. The molecule has 7 heteroatoms. The lowest BCUT2D eigenvalue weighted by atomic mass is 10.4. The van der Waals surface area contributed by atoms with Crippen LogP contribution in [0.15, 0.2) is 14.6 Å². The highest BCUT2D eigenvalue weighted by Gasteiger charge is 2.11. The van der Waals surface area contributed by atoms with Crippen molar-refractivity contribution in [1.82, 2.24) is 9.13 Å². The van der Waals surface area contributed by atoms with Crippen LogP contribution in [0.2, 0.25) is 0 Å². The van der Waals surface area contributed by atoms with Gasteiger partial charge in [0.25, 0.3) is 5.56 Å². The number of anilines is 1. The van der Waals surface area contributed by atoms with Crippen LogP contribution >= 0.6 is 0 Å². The molecule has 4 N–H and O–H groups in total. The summed E-state index contributed by atoms with van der Waals surface area (Å²) in [4.78, 5) is 26.8. The topological polar surface area (TPSA) is 108 Å². The number of aromatic nitrogens is 2. The second kappa shape index (κ2) is 3.60. The molecular formula is C8H13N5O2. The summed E-state index contributed by atoms with van der Waals surface area (Å²) in [7, 11) is 2.82. The number of aliphatic imine (C=N–C) groups is 1. The predicted octanol–water partition coefficient (Wildman–Crippen LogP) is -1.33. The minimum absolute atomic E-state index is 0.00731. The number of nitrogens with two attached hydrogens (primary N) is 2. The van der Waals surface area contributed by atoms with Crippen molar-refractivity contribution in [3.8, 4) is 0 Å². The molecule has 0 saturated carbocycles. The molecule has 0 aromatic carbocycles. The highest BCUT2D eigenvalue weighted by atomic mass is 16.2. The normalized spacial score (nSPS) is 11.8. The molecular weight excluding hydrogens is 198 g/mol. The van der Waals surface area contributed by atoms with Crippen molar-refractivity contribution >= 4 is 17.3 Å². The molecule has 0 atom stereocenters. The first kappa shape index (κ1) is 11.0. The Kier molecular flexibility index (Phi) is 2.65. The van der Waals surface area contributed by atoms with Crippen molar-refractivity contribution in [2.45, 2.75) is 6.92 Å². The summed E-state index contributed by atoms with van der Waals surface area (Å²) in [6.45, 7) is 1.53. The monoisotopic (exact) mass is 211 g/mol. The summed E-state index contributed by atoms with van der Waals surface area (Å²) in [6.07, 6.45) is 0. The first-order valence-electron chi connectivity index (χ1n) is 4.22. The van der Waals surface area contributed by atoms with Crippen molar-refractivity contribution in [3.63, 3.8) is 0 Å². The van der Waals surface area contributed by atoms with Crippen LogP contribution in [0.4, 0.5) is 11.5 Å². The second-order valence-electron chi connectivity index (χ2n) is 3.19. The highest BCUT2D eigenvalue weighted by molar-refractivity contribution is 5.82. The van der Waals surface area contributed by atoms with Crippen LogP contribution in [0.25, 0.3) is 0 Å². The van der Waals surface area contributed by atoms with Gasteiger partial charge in [-0.05, 0) is 6.92 Å². The minimum atomic E-state index is -0.555. The third kappa shape index (κ3) is 1.76. The van der Waals surface area contributed by atoms with Gasteiger partial charge >= 0.3 is 5.69 Å². The molecule has 1 heterocycles. The average molecular weight is 211 g/mol. The van der Waals surface area contributed by atoms with E-state index in [2.05, 4.69) is 4.99 Å². The van der Waals surface area contributed by atoms with Crippen LogP contribution in [-0.2, 0) is 14.1 Å². The summed E-state index contributed by atoms with van der Waals surface area (Å²) in [5, 5.41) is 0. The molecule has 1 rings (SSSR count). The van der Waals surface area contributed by atoms with E-state index in [1.165, 1.54) is 21.0 Å². The molecule has 7 nitrogen and oxygen atoms in total. The van der Waals surface area contributed by atoms with Gasteiger partial charge in [0.1, 0.15) is 5.82 Å². The van der Waals surface area contributed by atoms with Gasteiger partial charge in [0, 0.05) is 14.1 Å². The molecule has 0 saturated heterocycles. The van der Waals surface area contributed by atoms with Crippen LogP contribution in [0, 0.1) is 0 Å². The van der Waals surface area contributed by atoms with Gasteiger partial charge in [-0.2, -0.15) is 0 Å². The Hall–Kier alpha value is -2.05. The van der Waals surface area contributed by atoms with Crippen molar-refractivity contribution in [3.05, 3.63) is 20.8 Å². The number of nitrogens with zero attached hydrogens (tertiary/aromatic N) is 3. The quantitative estimate of drug-likeness (QED) is 0.443. The Bertz CT molecular complexity index is 533. The number of amidine groups is 1. The van der Waals surface area contributed by atoms with Gasteiger partial charge in [0.2, 0.25) is 0 Å². The van der Waals surface area contributed by atoms with E-state index in [0.717, 1.165) is 9.13 Å². The molecule has 0 aliphatic heterocycles. The Morgan fingerprint density at radius 2 is 1.80 bits per heavy atom. The molecule has 0 bridgehead atoms. The highest BCUT2D eigenvalue weighted by Crippen LogP contribution is 2.12. The number of rotatable bonds is 1. The summed E-state index contributed by atoms with van der Waals surface area (Å²) in [5.41, 5.74) is 9.88. The van der Waals surface area contributed by atoms with E-state index in [4.69, 9.17) is 11.5 Å². The first-order valence-corrected chi connectivity index (χ1v) is 4.22. The lowest BCUT2D eigenvalue weighted by molar-refractivity contribution is 0.695. The molecule has 0 aliphatic carbocycles. The van der Waals surface area contributed by atoms with Crippen LogP contribution in [0.3, 0.4) is 0 Å². The van der Waals surface area contributed by atoms with E-state index < -0.39 is 11.2 Å². The van der Waals surface area contributed by atoms with E-state index in [1.54, 1.807) is 0 Å². The predicted molar refractivity (Wildman–Crippen MR) is 58.3 cm³/mol. The standard InChI is InChI=1S/C8H13N5O2/c1-4(9)11-5-6(10)12(2)8(15)13(3)7(5)14/h10H2,1-3H3,(H2,9,11). The van der Waals surface area contributed by atoms with E-state index in [1.807, 2.05) is 0 Å². The fraction of sp³-hybridized carbons (Fsp3) is 0.375. The fourth-order valence-corrected chi connectivity index (χ4v) is 1.12. The Morgan fingerprint density at radius 1 is 1.27 bits per heavy atom. The van der Waals surface area contributed by atoms with Crippen molar-refractivity contribution in [2.24, 2.45) is 24.8 Å². The second-order valence-corrected chi connectivity index (χ2v) is 3.19. The molecule has 0 unspecified atom stereocenters. The SMILES string of the molecule is CC(N)=Nc1c(N)n(C)c(=O)n(C)c1=O. The van der Waals surface area contributed by atoms with Crippen molar-refractivity contribution < 1.29 is 0 Å². The first-order chi connectivity index (χ1) is 6.86. The zero-order valence-corrected chi connectivity index (χ0v) is 8.81. The molecule has 15 heavy (non-hydrogen) atoms. The molecule has 0 amide bonds. The van der Waals surface area contributed by atoms with Gasteiger partial charge in [-0.1, -0.05) is 0 Å². The number of nitrogen functional groups attached to an aromatic ring is 1. The van der Waals surface area contributed by atoms with E-state index >= 15 is 0 Å². The summed E-state index contributed by atoms with van der Waals surface area (Å²) in [6, 6.07) is 0. The smallest absolute Gasteiger partial charge is 0.332 e. The zero-order valence-electron chi connectivity index (χ0n) is 8.81. The lowest BCUT2D eigenvalue weighted by Gasteiger charge is -2.08. The molecule has 0 aliphatic rings.